The van der Waals surface area contributed by atoms with Crippen molar-refractivity contribution in [3.8, 4) is 0 Å². The van der Waals surface area contributed by atoms with Gasteiger partial charge in [0, 0.05) is 18.4 Å². The van der Waals surface area contributed by atoms with E-state index in [4.69, 9.17) is 9.47 Å². The Labute approximate surface area is 179 Å². The molecule has 2 fully saturated rings. The van der Waals surface area contributed by atoms with Gasteiger partial charge in [-0.3, -0.25) is 9.69 Å². The molecule has 1 N–H and O–H groups in total. The molecule has 0 spiro atoms. The summed E-state index contributed by atoms with van der Waals surface area (Å²) in [7, 11) is 0. The molecule has 172 valence electrons. The average molecular weight is 443 g/mol. The smallest absolute Gasteiger partial charge is 0.410 e. The molecule has 31 heavy (non-hydrogen) atoms. The second-order valence-corrected chi connectivity index (χ2v) is 9.01. The molecule has 1 atom stereocenters. The number of aromatic nitrogens is 1. The van der Waals surface area contributed by atoms with Crippen LogP contribution in [-0.4, -0.2) is 53.4 Å². The minimum atomic E-state index is -4.61. The number of amides is 2. The number of ether oxygens (including phenoxy) is 2. The molecule has 1 aromatic rings. The van der Waals surface area contributed by atoms with Crippen LogP contribution in [0.15, 0.2) is 12.1 Å². The quantitative estimate of drug-likeness (QED) is 0.712. The van der Waals surface area contributed by atoms with E-state index in [1.165, 1.54) is 0 Å². The molecule has 0 bridgehead atoms. The number of nitrogens with zero attached hydrogens (tertiary/aromatic N) is 2. The summed E-state index contributed by atoms with van der Waals surface area (Å²) in [5, 5.41) is 2.71. The van der Waals surface area contributed by atoms with Crippen molar-refractivity contribution >= 4 is 17.8 Å². The number of carbonyl (C=O) groups is 2. The third-order valence-corrected chi connectivity index (χ3v) is 4.94. The Balaban J connectivity index is 1.88. The molecule has 3 rings (SSSR count). The zero-order valence-electron chi connectivity index (χ0n) is 17.9. The highest BCUT2D eigenvalue weighted by molar-refractivity contribution is 5.93. The van der Waals surface area contributed by atoms with Crippen molar-refractivity contribution < 1.29 is 32.2 Å². The molecule has 0 radical (unpaired) electrons. The molecule has 1 aliphatic carbocycles. The number of nitrogens with one attached hydrogen (secondary N) is 1. The van der Waals surface area contributed by atoms with Crippen LogP contribution in [0.5, 0.6) is 0 Å². The highest BCUT2D eigenvalue weighted by Gasteiger charge is 2.36. The molecule has 1 saturated carbocycles. The van der Waals surface area contributed by atoms with Gasteiger partial charge in [-0.25, -0.2) is 9.78 Å². The average Bonchev–Trinajstić information content (AvgIpc) is 3.34. The Hall–Kier alpha value is -2.36. The molecular formula is C21H28F3N3O4. The summed E-state index contributed by atoms with van der Waals surface area (Å²) in [6.45, 7) is 3.87. The van der Waals surface area contributed by atoms with E-state index in [1.807, 2.05) is 0 Å². The first-order chi connectivity index (χ1) is 14.4. The standard InChI is InChI=1S/C21H28F3N3O4/c1-20(2,3)31-19(29)27(12-21(22,23)24)10-16-15(14-8-9-30-11-14)6-7-17(25-16)26-18(28)13-4-5-13/h6-7,13-14H,4-5,8-12H2,1-3H3,(H,25,26,28). The van der Waals surface area contributed by atoms with E-state index in [1.54, 1.807) is 32.9 Å². The Morgan fingerprint density at radius 3 is 2.48 bits per heavy atom. The number of hydrogen-bond donors (Lipinski definition) is 1. The summed E-state index contributed by atoms with van der Waals surface area (Å²) in [5.74, 6) is 0.0131. The van der Waals surface area contributed by atoms with Gasteiger partial charge in [-0.2, -0.15) is 13.2 Å². The number of alkyl halides is 3. The summed E-state index contributed by atoms with van der Waals surface area (Å²) in [5.41, 5.74) is 0.0492. The van der Waals surface area contributed by atoms with E-state index in [9.17, 15) is 22.8 Å². The molecule has 1 aliphatic heterocycles. The second-order valence-electron chi connectivity index (χ2n) is 9.01. The van der Waals surface area contributed by atoms with Crippen molar-refractivity contribution in [2.75, 3.05) is 25.1 Å². The van der Waals surface area contributed by atoms with Gasteiger partial charge < -0.3 is 14.8 Å². The maximum absolute atomic E-state index is 13.2. The minimum absolute atomic E-state index is 0.0398. The van der Waals surface area contributed by atoms with Crippen LogP contribution in [-0.2, 0) is 20.8 Å². The van der Waals surface area contributed by atoms with Crippen molar-refractivity contribution in [1.82, 2.24) is 9.88 Å². The Morgan fingerprint density at radius 2 is 1.94 bits per heavy atom. The molecular weight excluding hydrogens is 415 g/mol. The third kappa shape index (κ3) is 7.09. The zero-order chi connectivity index (χ0) is 22.8. The van der Waals surface area contributed by atoms with E-state index in [0.717, 1.165) is 12.8 Å². The summed E-state index contributed by atoms with van der Waals surface area (Å²) in [6.07, 6.45) is -3.35. The first-order valence-corrected chi connectivity index (χ1v) is 10.3. The molecule has 2 heterocycles. The van der Waals surface area contributed by atoms with Crippen LogP contribution in [0, 0.1) is 5.92 Å². The summed E-state index contributed by atoms with van der Waals surface area (Å²) >= 11 is 0. The molecule has 0 aromatic carbocycles. The van der Waals surface area contributed by atoms with E-state index in [0.29, 0.717) is 35.8 Å². The van der Waals surface area contributed by atoms with Crippen LogP contribution in [0.1, 0.15) is 57.2 Å². The SMILES string of the molecule is CC(C)(C)OC(=O)N(Cc1nc(NC(=O)C2CC2)ccc1C1CCOC1)CC(F)(F)F. The monoisotopic (exact) mass is 443 g/mol. The summed E-state index contributed by atoms with van der Waals surface area (Å²) in [4.78, 5) is 29.6. The molecule has 1 aromatic heterocycles. The predicted octanol–water partition coefficient (Wildman–Crippen LogP) is 4.23. The molecule has 2 aliphatic rings. The topological polar surface area (TPSA) is 80.8 Å². The lowest BCUT2D eigenvalue weighted by Gasteiger charge is -2.29. The van der Waals surface area contributed by atoms with Crippen molar-refractivity contribution in [1.29, 1.82) is 0 Å². The lowest BCUT2D eigenvalue weighted by atomic mass is 9.96. The van der Waals surface area contributed by atoms with E-state index < -0.39 is 31.0 Å². The van der Waals surface area contributed by atoms with Gasteiger partial charge in [-0.05, 0) is 51.7 Å². The zero-order valence-corrected chi connectivity index (χ0v) is 17.9. The molecule has 1 unspecified atom stereocenters. The van der Waals surface area contributed by atoms with E-state index in [-0.39, 0.29) is 23.6 Å². The van der Waals surface area contributed by atoms with Crippen LogP contribution >= 0.6 is 0 Å². The number of carbonyl (C=O) groups excluding carboxylic acids is 2. The molecule has 2 amide bonds. The van der Waals surface area contributed by atoms with Crippen LogP contribution in [0.25, 0.3) is 0 Å². The maximum Gasteiger partial charge on any atom is 0.410 e. The van der Waals surface area contributed by atoms with Gasteiger partial charge in [0.15, 0.2) is 0 Å². The van der Waals surface area contributed by atoms with E-state index in [2.05, 4.69) is 10.3 Å². The fourth-order valence-electron chi connectivity index (χ4n) is 3.34. The number of hydrogen-bond acceptors (Lipinski definition) is 5. The predicted molar refractivity (Wildman–Crippen MR) is 106 cm³/mol. The van der Waals surface area contributed by atoms with Gasteiger partial charge in [0.25, 0.3) is 0 Å². The summed E-state index contributed by atoms with van der Waals surface area (Å²) in [6, 6.07) is 3.38. The molecule has 7 nitrogen and oxygen atoms in total. The minimum Gasteiger partial charge on any atom is -0.444 e. The van der Waals surface area contributed by atoms with E-state index >= 15 is 0 Å². The fraction of sp³-hybridized carbons (Fsp3) is 0.667. The van der Waals surface area contributed by atoms with Crippen LogP contribution in [0.4, 0.5) is 23.8 Å². The number of pyridine rings is 1. The first-order valence-electron chi connectivity index (χ1n) is 10.3. The van der Waals surface area contributed by atoms with Gasteiger partial charge in [0.2, 0.25) is 5.91 Å². The van der Waals surface area contributed by atoms with Crippen molar-refractivity contribution in [3.63, 3.8) is 0 Å². The van der Waals surface area contributed by atoms with Crippen LogP contribution in [0.3, 0.4) is 0 Å². The maximum atomic E-state index is 13.2. The Kier molecular flexibility index (Phi) is 6.78. The lowest BCUT2D eigenvalue weighted by molar-refractivity contribution is -0.145. The number of halogens is 3. The Morgan fingerprint density at radius 1 is 1.23 bits per heavy atom. The van der Waals surface area contributed by atoms with Gasteiger partial charge in [-0.15, -0.1) is 0 Å². The fourth-order valence-corrected chi connectivity index (χ4v) is 3.34. The van der Waals surface area contributed by atoms with Crippen molar-refractivity contribution in [3.05, 3.63) is 23.4 Å². The van der Waals surface area contributed by atoms with Crippen LogP contribution in [0.2, 0.25) is 0 Å². The lowest BCUT2D eigenvalue weighted by Crippen LogP contribution is -2.42. The Bertz CT molecular complexity index is 813. The van der Waals surface area contributed by atoms with Crippen LogP contribution < -0.4 is 5.32 Å². The third-order valence-electron chi connectivity index (χ3n) is 4.94. The molecule has 1 saturated heterocycles. The van der Waals surface area contributed by atoms with Gasteiger partial charge >= 0.3 is 12.3 Å². The molecule has 10 heteroatoms. The largest absolute Gasteiger partial charge is 0.444 e. The van der Waals surface area contributed by atoms with Crippen molar-refractivity contribution in [2.45, 2.75) is 64.3 Å². The number of anilines is 1. The second kappa shape index (κ2) is 9.02. The van der Waals surface area contributed by atoms with Crippen molar-refractivity contribution in [2.24, 2.45) is 5.92 Å². The van der Waals surface area contributed by atoms with Gasteiger partial charge in [0.05, 0.1) is 18.8 Å². The van der Waals surface area contributed by atoms with Gasteiger partial charge in [-0.1, -0.05) is 6.07 Å². The highest BCUT2D eigenvalue weighted by atomic mass is 19.4. The van der Waals surface area contributed by atoms with Gasteiger partial charge in [0.1, 0.15) is 18.0 Å². The normalized spacial score (nSPS) is 19.2. The first kappa shape index (κ1) is 23.3. The number of rotatable bonds is 6. The highest BCUT2D eigenvalue weighted by Crippen LogP contribution is 2.32. The summed E-state index contributed by atoms with van der Waals surface area (Å²) < 4.78 is 50.2.